The number of carbonyl (C=O) groups excluding carboxylic acids is 3. The molecule has 1 amide bonds. The predicted molar refractivity (Wildman–Crippen MR) is 139 cm³/mol. The van der Waals surface area contributed by atoms with Crippen molar-refractivity contribution in [2.24, 2.45) is 5.92 Å². The van der Waals surface area contributed by atoms with E-state index in [1.54, 1.807) is 19.9 Å². The number of aromatic hydroxyl groups is 1. The fraction of sp³-hybridized carbons (Fsp3) is 0.318. The molecule has 202 valence electrons. The first-order valence-electron chi connectivity index (χ1n) is 10.6. The van der Waals surface area contributed by atoms with E-state index in [0.717, 1.165) is 0 Å². The second-order valence-electron chi connectivity index (χ2n) is 7.19. The summed E-state index contributed by atoms with van der Waals surface area (Å²) in [5, 5.41) is 22.7. The molecule has 2 aromatic carbocycles. The molecule has 0 radical (unpaired) electrons. The van der Waals surface area contributed by atoms with E-state index in [1.165, 1.54) is 37.3 Å². The Kier molecular flexibility index (Phi) is 12.8. The molecule has 0 heterocycles. The quantitative estimate of drug-likeness (QED) is 0.0562. The first kappa shape index (κ1) is 32.1. The Morgan fingerprint density at radius 2 is 1.68 bits per heavy atom. The zero-order chi connectivity index (χ0) is 28.3. The molecule has 0 atom stereocenters. The van der Waals surface area contributed by atoms with Crippen molar-refractivity contribution in [1.29, 1.82) is 0 Å². The molecular weight excluding hydrogens is 670 g/mol. The number of phenols is 1. The molecule has 2 aromatic rings. The Hall–Kier alpha value is -2.94. The van der Waals surface area contributed by atoms with E-state index in [4.69, 9.17) is 17.7 Å². The number of ether oxygens (including phenoxy) is 2. The van der Waals surface area contributed by atoms with E-state index in [-0.39, 0.29) is 46.7 Å². The number of hydrogen-bond acceptors (Lipinski definition) is 9. The molecule has 13 nitrogen and oxygen atoms in total. The molecule has 15 heteroatoms. The van der Waals surface area contributed by atoms with Gasteiger partial charge >= 0.3 is 100 Å². The summed E-state index contributed by atoms with van der Waals surface area (Å²) in [5.74, 6) is -3.57. The zero-order valence-corrected chi connectivity index (χ0v) is 24.1. The van der Waals surface area contributed by atoms with Crippen LogP contribution >= 0.6 is 22.6 Å². The molecule has 4 N–H and O–H groups in total. The molecule has 0 aliphatic rings. The van der Waals surface area contributed by atoms with Gasteiger partial charge in [-0.15, -0.1) is 0 Å². The fourth-order valence-electron chi connectivity index (χ4n) is 2.92. The van der Waals surface area contributed by atoms with E-state index in [2.05, 4.69) is 5.32 Å². The van der Waals surface area contributed by atoms with Gasteiger partial charge in [-0.1, -0.05) is 6.07 Å². The van der Waals surface area contributed by atoms with Crippen molar-refractivity contribution in [3.8, 4) is 5.75 Å². The zero-order valence-electron chi connectivity index (χ0n) is 20.0. The SMILES string of the molecule is CC(=O)Nc1c(O)cccc1[As](=O)(O)O.CCOC(=O)C(Cc1ccc(I)cc1[N+](=O)[O-])C(=O)OCC. The maximum Gasteiger partial charge on any atom is 0.320 e. The van der Waals surface area contributed by atoms with Crippen molar-refractivity contribution >= 4 is 70.3 Å². The largest absolute Gasteiger partial charge is 0.465 e. The van der Waals surface area contributed by atoms with Gasteiger partial charge in [-0.3, -0.25) is 19.7 Å². The fourth-order valence-corrected chi connectivity index (χ4v) is 4.95. The van der Waals surface area contributed by atoms with Gasteiger partial charge in [-0.25, -0.2) is 0 Å². The second kappa shape index (κ2) is 14.7. The molecule has 0 unspecified atom stereocenters. The molecule has 0 bridgehead atoms. The van der Waals surface area contributed by atoms with Crippen molar-refractivity contribution in [2.45, 2.75) is 27.2 Å². The molecular formula is C22H26AsIN2O11. The first-order valence-corrected chi connectivity index (χ1v) is 15.1. The van der Waals surface area contributed by atoms with Crippen LogP contribution in [0.15, 0.2) is 36.4 Å². The number of carbonyl (C=O) groups is 3. The van der Waals surface area contributed by atoms with Crippen molar-refractivity contribution in [1.82, 2.24) is 0 Å². The maximum absolute atomic E-state index is 11.9. The Morgan fingerprint density at radius 3 is 2.14 bits per heavy atom. The summed E-state index contributed by atoms with van der Waals surface area (Å²) in [6, 6.07) is 8.31. The van der Waals surface area contributed by atoms with Crippen molar-refractivity contribution < 1.29 is 45.8 Å². The van der Waals surface area contributed by atoms with Gasteiger partial charge in [-0.05, 0) is 42.5 Å². The monoisotopic (exact) mass is 696 g/mol. The minimum Gasteiger partial charge on any atom is -0.465 e. The third kappa shape index (κ3) is 10.1. The van der Waals surface area contributed by atoms with Crippen molar-refractivity contribution in [3.05, 3.63) is 55.6 Å². The number of phenolic OH excluding ortho intramolecular Hbond substituents is 1. The second-order valence-corrected chi connectivity index (χ2v) is 11.7. The van der Waals surface area contributed by atoms with Gasteiger partial charge < -0.3 is 9.47 Å². The van der Waals surface area contributed by atoms with Gasteiger partial charge in [0, 0.05) is 21.6 Å². The van der Waals surface area contributed by atoms with Gasteiger partial charge in [0.15, 0.2) is 5.92 Å². The van der Waals surface area contributed by atoms with Gasteiger partial charge in [0.05, 0.1) is 18.1 Å². The number of nitrogens with zero attached hydrogens (tertiary/aromatic N) is 1. The Bertz CT molecular complexity index is 1180. The minimum absolute atomic E-state index is 0.115. The Labute approximate surface area is 228 Å². The minimum atomic E-state index is -5.14. The van der Waals surface area contributed by atoms with Crippen LogP contribution in [0.4, 0.5) is 11.4 Å². The van der Waals surface area contributed by atoms with Crippen LogP contribution in [0, 0.1) is 19.6 Å². The molecule has 0 saturated heterocycles. The maximum atomic E-state index is 11.9. The third-order valence-electron chi connectivity index (χ3n) is 4.45. The molecule has 0 aliphatic heterocycles. The molecule has 37 heavy (non-hydrogen) atoms. The van der Waals surface area contributed by atoms with Crippen LogP contribution in [0.25, 0.3) is 0 Å². The van der Waals surface area contributed by atoms with Crippen LogP contribution in [0.3, 0.4) is 0 Å². The van der Waals surface area contributed by atoms with Gasteiger partial charge in [0.25, 0.3) is 5.69 Å². The first-order chi connectivity index (χ1) is 17.2. The van der Waals surface area contributed by atoms with Crippen LogP contribution in [-0.2, 0) is 34.0 Å². The Balaban J connectivity index is 0.000000397. The smallest absolute Gasteiger partial charge is 0.320 e. The van der Waals surface area contributed by atoms with Gasteiger partial charge in [0.2, 0.25) is 0 Å². The number of hydrogen-bond donors (Lipinski definition) is 4. The number of amides is 1. The Morgan fingerprint density at radius 1 is 1.11 bits per heavy atom. The molecule has 0 spiro atoms. The number of esters is 2. The van der Waals surface area contributed by atoms with E-state index in [0.29, 0.717) is 3.57 Å². The standard InChI is InChI=1S/C14H16INO6.C8H10AsNO5/c1-3-21-13(17)11(14(18)22-4-2)7-9-5-6-10(15)8-12(9)16(19)20;1-5(11)10-8-6(9(13,14)15)3-2-4-7(8)12/h5-6,8,11H,3-4,7H2,1-2H3;2-4,12H,1H3,(H,10,11)(H2,13,14,15). The van der Waals surface area contributed by atoms with Crippen molar-refractivity contribution in [3.63, 3.8) is 0 Å². The normalized spacial score (nSPS) is 10.7. The van der Waals surface area contributed by atoms with Crippen LogP contribution in [0.2, 0.25) is 0 Å². The predicted octanol–water partition coefficient (Wildman–Crippen LogP) is 1.40. The summed E-state index contributed by atoms with van der Waals surface area (Å²) in [7, 11) is 0. The van der Waals surface area contributed by atoms with E-state index >= 15 is 0 Å². The van der Waals surface area contributed by atoms with E-state index < -0.39 is 42.9 Å². The molecule has 0 aliphatic carbocycles. The summed E-state index contributed by atoms with van der Waals surface area (Å²) < 4.78 is 39.2. The summed E-state index contributed by atoms with van der Waals surface area (Å²) in [6.07, 6.45) is -0.134. The molecule has 0 fully saturated rings. The number of nitro benzene ring substituents is 1. The summed E-state index contributed by atoms with van der Waals surface area (Å²) in [4.78, 5) is 45.2. The van der Waals surface area contributed by atoms with Crippen LogP contribution in [0.5, 0.6) is 5.75 Å². The van der Waals surface area contributed by atoms with Crippen LogP contribution in [-0.4, -0.2) is 63.5 Å². The summed E-state index contributed by atoms with van der Waals surface area (Å²) in [6.45, 7) is 4.65. The third-order valence-corrected chi connectivity index (χ3v) is 7.22. The molecule has 2 rings (SSSR count). The molecule has 0 saturated carbocycles. The van der Waals surface area contributed by atoms with Crippen molar-refractivity contribution in [2.75, 3.05) is 18.5 Å². The average Bonchev–Trinajstić information content (AvgIpc) is 2.79. The number of para-hydroxylation sites is 1. The number of halogens is 1. The summed E-state index contributed by atoms with van der Waals surface area (Å²) in [5.41, 5.74) is -0.0699. The van der Waals surface area contributed by atoms with Gasteiger partial charge in [0.1, 0.15) is 0 Å². The number of rotatable bonds is 9. The molecule has 0 aromatic heterocycles. The van der Waals surface area contributed by atoms with E-state index in [9.17, 15) is 33.3 Å². The van der Waals surface area contributed by atoms with Crippen LogP contribution in [0.1, 0.15) is 26.3 Å². The summed E-state index contributed by atoms with van der Waals surface area (Å²) >= 11 is -3.19. The number of nitrogens with one attached hydrogen (secondary N) is 1. The van der Waals surface area contributed by atoms with E-state index in [1.807, 2.05) is 22.6 Å². The van der Waals surface area contributed by atoms with Crippen LogP contribution < -0.4 is 9.67 Å². The number of anilines is 1. The average molecular weight is 696 g/mol. The topological polar surface area (TPSA) is 203 Å². The number of nitro groups is 1. The van der Waals surface area contributed by atoms with Gasteiger partial charge in [-0.2, -0.15) is 0 Å². The number of benzene rings is 2.